The first-order valence-corrected chi connectivity index (χ1v) is 9.47. The van der Waals surface area contributed by atoms with E-state index in [1.54, 1.807) is 6.08 Å². The Kier molecular flexibility index (Phi) is 5.76. The Bertz CT molecular complexity index is 1010. The lowest BCUT2D eigenvalue weighted by atomic mass is 9.95. The standard InChI is InChI=1S/C19H28N6O2/c1-5-12(15-9-20-6-7-21-15)17-23-13(16(25-17)10(2)3)8-14-19(27)22-11(4)18(26)24-14/h8,10,12,15,20-21H,4-7,9H2,1-3H3,(H,22,27)(H,23,25)(H,24,26). The van der Waals surface area contributed by atoms with Gasteiger partial charge in [-0.1, -0.05) is 27.4 Å². The summed E-state index contributed by atoms with van der Waals surface area (Å²) in [6, 6.07) is 0.302. The lowest BCUT2D eigenvalue weighted by molar-refractivity contribution is 0.352. The van der Waals surface area contributed by atoms with E-state index in [1.807, 2.05) is 0 Å². The van der Waals surface area contributed by atoms with Crippen LogP contribution in [0.1, 0.15) is 56.2 Å². The molecule has 1 saturated heterocycles. The molecule has 1 fully saturated rings. The third kappa shape index (κ3) is 4.12. The second kappa shape index (κ2) is 8.06. The first-order valence-electron chi connectivity index (χ1n) is 9.47. The van der Waals surface area contributed by atoms with Crippen molar-refractivity contribution in [2.24, 2.45) is 0 Å². The fourth-order valence-electron chi connectivity index (χ4n) is 3.53. The van der Waals surface area contributed by atoms with Crippen LogP contribution in [0.2, 0.25) is 0 Å². The van der Waals surface area contributed by atoms with Crippen molar-refractivity contribution < 1.29 is 0 Å². The van der Waals surface area contributed by atoms with E-state index in [0.29, 0.717) is 11.7 Å². The molecular formula is C19H28N6O2. The van der Waals surface area contributed by atoms with Crippen LogP contribution in [0.3, 0.4) is 0 Å². The van der Waals surface area contributed by atoms with E-state index in [-0.39, 0.29) is 28.1 Å². The van der Waals surface area contributed by atoms with E-state index in [1.165, 1.54) is 0 Å². The van der Waals surface area contributed by atoms with Gasteiger partial charge in [0.1, 0.15) is 11.2 Å². The molecule has 0 amide bonds. The van der Waals surface area contributed by atoms with Gasteiger partial charge in [0.05, 0.1) is 11.0 Å². The number of hydrogen-bond donors (Lipinski definition) is 5. The number of nitrogens with zero attached hydrogens (tertiary/aromatic N) is 1. The molecule has 0 radical (unpaired) electrons. The van der Waals surface area contributed by atoms with Crippen LogP contribution in [-0.2, 0) is 0 Å². The SMILES string of the molecule is C=c1[nH]c(=O)c(=Cc2nc(C(CC)C3CNCCN3)[nH]c2C(C)C)[nH]c1=O. The summed E-state index contributed by atoms with van der Waals surface area (Å²) in [5.41, 5.74) is 0.835. The number of imidazole rings is 1. The topological polar surface area (TPSA) is 118 Å². The van der Waals surface area contributed by atoms with Crippen LogP contribution in [0.4, 0.5) is 0 Å². The predicted octanol–water partition coefficient (Wildman–Crippen LogP) is -0.796. The van der Waals surface area contributed by atoms with Crippen molar-refractivity contribution in [1.82, 2.24) is 30.6 Å². The Labute approximate surface area is 157 Å². The van der Waals surface area contributed by atoms with Crippen molar-refractivity contribution >= 4 is 12.7 Å². The molecule has 2 atom stereocenters. The first-order chi connectivity index (χ1) is 12.9. The highest BCUT2D eigenvalue weighted by Crippen LogP contribution is 2.26. The van der Waals surface area contributed by atoms with Crippen LogP contribution in [0.25, 0.3) is 12.7 Å². The summed E-state index contributed by atoms with van der Waals surface area (Å²) >= 11 is 0. The van der Waals surface area contributed by atoms with Crippen molar-refractivity contribution in [3.63, 3.8) is 0 Å². The molecule has 0 spiro atoms. The second-order valence-corrected chi connectivity index (χ2v) is 7.30. The summed E-state index contributed by atoms with van der Waals surface area (Å²) in [5.74, 6) is 1.34. The van der Waals surface area contributed by atoms with Crippen LogP contribution < -0.4 is 32.5 Å². The summed E-state index contributed by atoms with van der Waals surface area (Å²) < 4.78 is 0. The van der Waals surface area contributed by atoms with Gasteiger partial charge in [0.25, 0.3) is 11.1 Å². The number of nitrogens with one attached hydrogen (secondary N) is 5. The van der Waals surface area contributed by atoms with E-state index < -0.39 is 5.56 Å². The molecule has 1 aliphatic heterocycles. The lowest BCUT2D eigenvalue weighted by Crippen LogP contribution is -2.51. The van der Waals surface area contributed by atoms with E-state index >= 15 is 0 Å². The highest BCUT2D eigenvalue weighted by Gasteiger charge is 2.27. The molecule has 1 aliphatic rings. The Balaban J connectivity index is 2.07. The Hall–Kier alpha value is -2.45. The molecule has 0 aliphatic carbocycles. The maximum atomic E-state index is 12.2. The van der Waals surface area contributed by atoms with Crippen molar-refractivity contribution in [2.45, 2.75) is 45.1 Å². The van der Waals surface area contributed by atoms with Crippen molar-refractivity contribution in [3.8, 4) is 0 Å². The quantitative estimate of drug-likeness (QED) is 0.471. The molecule has 3 heterocycles. The van der Waals surface area contributed by atoms with Gasteiger partial charge in [-0.15, -0.1) is 0 Å². The van der Waals surface area contributed by atoms with Gasteiger partial charge < -0.3 is 25.6 Å². The van der Waals surface area contributed by atoms with Crippen molar-refractivity contribution in [3.05, 3.63) is 48.6 Å². The van der Waals surface area contributed by atoms with E-state index in [9.17, 15) is 9.59 Å². The molecule has 8 nitrogen and oxygen atoms in total. The molecule has 27 heavy (non-hydrogen) atoms. The Morgan fingerprint density at radius 1 is 1.19 bits per heavy atom. The molecule has 146 valence electrons. The minimum atomic E-state index is -0.411. The molecule has 0 aromatic carbocycles. The van der Waals surface area contributed by atoms with Crippen LogP contribution in [0.15, 0.2) is 9.59 Å². The van der Waals surface area contributed by atoms with Crippen LogP contribution in [-0.4, -0.2) is 45.6 Å². The second-order valence-electron chi connectivity index (χ2n) is 7.30. The molecule has 0 saturated carbocycles. The Morgan fingerprint density at radius 2 is 1.96 bits per heavy atom. The number of hydrogen-bond acceptors (Lipinski definition) is 5. The molecule has 8 heteroatoms. The normalized spacial score (nSPS) is 19.6. The zero-order valence-corrected chi connectivity index (χ0v) is 16.1. The van der Waals surface area contributed by atoms with E-state index in [2.05, 4.69) is 52.9 Å². The third-order valence-electron chi connectivity index (χ3n) is 5.02. The minimum absolute atomic E-state index is 0.0471. The highest BCUT2D eigenvalue weighted by atomic mass is 16.1. The van der Waals surface area contributed by atoms with Crippen molar-refractivity contribution in [1.29, 1.82) is 0 Å². The Morgan fingerprint density at radius 3 is 2.59 bits per heavy atom. The van der Waals surface area contributed by atoms with Gasteiger partial charge in [0, 0.05) is 37.3 Å². The smallest absolute Gasteiger partial charge is 0.272 e. The molecule has 0 bridgehead atoms. The fraction of sp³-hybridized carbons (Fsp3) is 0.526. The zero-order valence-electron chi connectivity index (χ0n) is 16.1. The average molecular weight is 372 g/mol. The zero-order chi connectivity index (χ0) is 19.6. The average Bonchev–Trinajstić information content (AvgIpc) is 3.05. The molecule has 5 N–H and O–H groups in total. The van der Waals surface area contributed by atoms with Gasteiger partial charge in [-0.25, -0.2) is 4.98 Å². The van der Waals surface area contributed by atoms with Gasteiger partial charge in [0.15, 0.2) is 0 Å². The number of piperazine rings is 1. The van der Waals surface area contributed by atoms with Crippen LogP contribution in [0, 0.1) is 0 Å². The number of aromatic nitrogens is 4. The maximum absolute atomic E-state index is 12.2. The van der Waals surface area contributed by atoms with Gasteiger partial charge in [0.2, 0.25) is 0 Å². The fourth-order valence-corrected chi connectivity index (χ4v) is 3.53. The van der Waals surface area contributed by atoms with Gasteiger partial charge in [-0.3, -0.25) is 9.59 Å². The van der Waals surface area contributed by atoms with Crippen molar-refractivity contribution in [2.75, 3.05) is 19.6 Å². The highest BCUT2D eigenvalue weighted by molar-refractivity contribution is 5.48. The summed E-state index contributed by atoms with van der Waals surface area (Å²) in [7, 11) is 0. The van der Waals surface area contributed by atoms with Crippen LogP contribution >= 0.6 is 0 Å². The molecule has 2 aromatic rings. The summed E-state index contributed by atoms with van der Waals surface area (Å²) in [6.45, 7) is 12.6. The third-order valence-corrected chi connectivity index (χ3v) is 5.02. The van der Waals surface area contributed by atoms with Crippen LogP contribution in [0.5, 0.6) is 0 Å². The number of rotatable bonds is 5. The molecule has 3 rings (SSSR count). The number of aromatic amines is 3. The van der Waals surface area contributed by atoms with Gasteiger partial charge in [-0.05, 0) is 18.4 Å². The minimum Gasteiger partial charge on any atom is -0.345 e. The van der Waals surface area contributed by atoms with E-state index in [0.717, 1.165) is 37.6 Å². The summed E-state index contributed by atoms with van der Waals surface area (Å²) in [5, 5.41) is 7.20. The molecule has 2 aromatic heterocycles. The van der Waals surface area contributed by atoms with E-state index in [4.69, 9.17) is 4.98 Å². The lowest BCUT2D eigenvalue weighted by Gasteiger charge is -2.30. The predicted molar refractivity (Wildman–Crippen MR) is 106 cm³/mol. The van der Waals surface area contributed by atoms with Gasteiger partial charge in [-0.2, -0.15) is 0 Å². The largest absolute Gasteiger partial charge is 0.345 e. The number of H-pyrrole nitrogens is 3. The molecule has 2 unspecified atom stereocenters. The molecular weight excluding hydrogens is 344 g/mol. The summed E-state index contributed by atoms with van der Waals surface area (Å²) in [6.07, 6.45) is 2.58. The van der Waals surface area contributed by atoms with Gasteiger partial charge >= 0.3 is 0 Å². The first kappa shape index (κ1) is 19.3. The maximum Gasteiger partial charge on any atom is 0.272 e. The summed E-state index contributed by atoms with van der Waals surface area (Å²) in [4.78, 5) is 37.3. The monoisotopic (exact) mass is 372 g/mol.